The SMILES string of the molecule is Cc1ccc2c(c1)NC(=O)C(C)(C(=O)Nc1ccc(Cl)cc1Cl)O2. The van der Waals surface area contributed by atoms with Crippen LogP contribution in [0.2, 0.25) is 10.0 Å². The van der Waals surface area contributed by atoms with E-state index in [1.165, 1.54) is 13.0 Å². The van der Waals surface area contributed by atoms with Crippen LogP contribution in [0, 0.1) is 6.92 Å². The van der Waals surface area contributed by atoms with Gasteiger partial charge in [0, 0.05) is 5.02 Å². The number of hydrogen-bond acceptors (Lipinski definition) is 3. The molecule has 1 unspecified atom stereocenters. The normalized spacial score (nSPS) is 19.1. The standard InChI is InChI=1S/C17H14Cl2N2O3/c1-9-3-6-14-13(7-9)21-16(23)17(2,24-14)15(22)20-12-5-4-10(18)8-11(12)19/h3-8H,1-2H3,(H,20,22)(H,21,23). The molecule has 0 saturated carbocycles. The summed E-state index contributed by atoms with van der Waals surface area (Å²) in [7, 11) is 0. The molecule has 0 radical (unpaired) electrons. The molecule has 3 rings (SSSR count). The molecule has 2 amide bonds. The lowest BCUT2D eigenvalue weighted by atomic mass is 10.0. The summed E-state index contributed by atoms with van der Waals surface area (Å²) in [5, 5.41) is 6.02. The van der Waals surface area contributed by atoms with Crippen LogP contribution in [-0.4, -0.2) is 17.4 Å². The van der Waals surface area contributed by atoms with Crippen LogP contribution < -0.4 is 15.4 Å². The Bertz CT molecular complexity index is 854. The topological polar surface area (TPSA) is 67.4 Å². The summed E-state index contributed by atoms with van der Waals surface area (Å²) in [6.07, 6.45) is 0. The Labute approximate surface area is 148 Å². The predicted octanol–water partition coefficient (Wildman–Crippen LogP) is 4.03. The van der Waals surface area contributed by atoms with Gasteiger partial charge in [0.15, 0.2) is 0 Å². The van der Waals surface area contributed by atoms with Gasteiger partial charge in [-0.15, -0.1) is 0 Å². The molecule has 0 spiro atoms. The Balaban J connectivity index is 1.88. The number of hydrogen-bond donors (Lipinski definition) is 2. The van der Waals surface area contributed by atoms with Gasteiger partial charge in [0.25, 0.3) is 17.4 Å². The van der Waals surface area contributed by atoms with Crippen LogP contribution in [-0.2, 0) is 9.59 Å². The largest absolute Gasteiger partial charge is 0.466 e. The number of nitrogens with one attached hydrogen (secondary N) is 2. The van der Waals surface area contributed by atoms with Gasteiger partial charge < -0.3 is 15.4 Å². The van der Waals surface area contributed by atoms with Gasteiger partial charge in [-0.3, -0.25) is 9.59 Å². The Kier molecular flexibility index (Phi) is 4.15. The molecule has 5 nitrogen and oxygen atoms in total. The molecule has 2 N–H and O–H groups in total. The smallest absolute Gasteiger partial charge is 0.278 e. The first kappa shape index (κ1) is 16.6. The first-order valence-electron chi connectivity index (χ1n) is 7.17. The number of ether oxygens (including phenoxy) is 1. The third kappa shape index (κ3) is 2.92. The molecule has 0 fully saturated rings. The number of fused-ring (bicyclic) bond motifs is 1. The van der Waals surface area contributed by atoms with E-state index in [2.05, 4.69) is 10.6 Å². The minimum atomic E-state index is -1.72. The van der Waals surface area contributed by atoms with E-state index in [-0.39, 0.29) is 5.02 Å². The van der Waals surface area contributed by atoms with E-state index in [4.69, 9.17) is 27.9 Å². The van der Waals surface area contributed by atoms with Gasteiger partial charge in [-0.05, 0) is 49.7 Å². The van der Waals surface area contributed by atoms with Crippen molar-refractivity contribution in [3.63, 3.8) is 0 Å². The van der Waals surface area contributed by atoms with Gasteiger partial charge in [-0.25, -0.2) is 0 Å². The summed E-state index contributed by atoms with van der Waals surface area (Å²) in [4.78, 5) is 25.0. The fourth-order valence-corrected chi connectivity index (χ4v) is 2.78. The van der Waals surface area contributed by atoms with Crippen LogP contribution in [0.3, 0.4) is 0 Å². The zero-order valence-corrected chi connectivity index (χ0v) is 14.5. The van der Waals surface area contributed by atoms with Crippen molar-refractivity contribution in [2.24, 2.45) is 0 Å². The number of aryl methyl sites for hydroxylation is 1. The minimum Gasteiger partial charge on any atom is -0.466 e. The molecule has 7 heteroatoms. The van der Waals surface area contributed by atoms with Crippen LogP contribution in [0.25, 0.3) is 0 Å². The summed E-state index contributed by atoms with van der Waals surface area (Å²) in [5.74, 6) is -0.751. The second-order valence-corrected chi connectivity index (χ2v) is 6.51. The average Bonchev–Trinajstić information content (AvgIpc) is 2.51. The zero-order chi connectivity index (χ0) is 17.5. The first-order chi connectivity index (χ1) is 11.3. The second-order valence-electron chi connectivity index (χ2n) is 5.67. The fraction of sp³-hybridized carbons (Fsp3) is 0.176. The average molecular weight is 365 g/mol. The lowest BCUT2D eigenvalue weighted by Gasteiger charge is -2.33. The van der Waals surface area contributed by atoms with Gasteiger partial charge in [0.1, 0.15) is 5.75 Å². The minimum absolute atomic E-state index is 0.270. The number of carbonyl (C=O) groups excluding carboxylic acids is 2. The van der Waals surface area contributed by atoms with Crippen molar-refractivity contribution < 1.29 is 14.3 Å². The number of carbonyl (C=O) groups is 2. The quantitative estimate of drug-likeness (QED) is 0.790. The molecule has 0 saturated heterocycles. The molecule has 2 aromatic carbocycles. The van der Waals surface area contributed by atoms with Crippen molar-refractivity contribution >= 4 is 46.4 Å². The van der Waals surface area contributed by atoms with Crippen molar-refractivity contribution in [3.8, 4) is 5.75 Å². The maximum atomic E-state index is 12.6. The lowest BCUT2D eigenvalue weighted by Crippen LogP contribution is -2.56. The lowest BCUT2D eigenvalue weighted by molar-refractivity contribution is -0.143. The van der Waals surface area contributed by atoms with Gasteiger partial charge in [0.2, 0.25) is 0 Å². The molecule has 0 aromatic heterocycles. The molecule has 0 aliphatic carbocycles. The van der Waals surface area contributed by atoms with E-state index in [0.29, 0.717) is 22.1 Å². The van der Waals surface area contributed by atoms with Crippen molar-refractivity contribution in [3.05, 3.63) is 52.0 Å². The third-order valence-corrected chi connectivity index (χ3v) is 4.29. The van der Waals surface area contributed by atoms with Gasteiger partial charge in [0.05, 0.1) is 16.4 Å². The van der Waals surface area contributed by atoms with Crippen molar-refractivity contribution in [2.75, 3.05) is 10.6 Å². The zero-order valence-electron chi connectivity index (χ0n) is 12.9. The molecule has 1 aliphatic rings. The van der Waals surface area contributed by atoms with E-state index in [0.717, 1.165) is 5.56 Å². The predicted molar refractivity (Wildman–Crippen MR) is 93.9 cm³/mol. The molecule has 0 bridgehead atoms. The van der Waals surface area contributed by atoms with E-state index < -0.39 is 17.4 Å². The highest BCUT2D eigenvalue weighted by Crippen LogP contribution is 2.35. The van der Waals surface area contributed by atoms with Crippen LogP contribution in [0.15, 0.2) is 36.4 Å². The van der Waals surface area contributed by atoms with E-state index in [1.54, 1.807) is 24.3 Å². The number of rotatable bonds is 2. The molecule has 24 heavy (non-hydrogen) atoms. The van der Waals surface area contributed by atoms with Gasteiger partial charge in [-0.2, -0.15) is 0 Å². The van der Waals surface area contributed by atoms with Crippen LogP contribution in [0.5, 0.6) is 5.75 Å². The molecular weight excluding hydrogens is 351 g/mol. The molecule has 1 heterocycles. The highest BCUT2D eigenvalue weighted by molar-refractivity contribution is 6.37. The van der Waals surface area contributed by atoms with E-state index >= 15 is 0 Å². The summed E-state index contributed by atoms with van der Waals surface area (Å²) >= 11 is 11.9. The Morgan fingerprint density at radius 2 is 1.96 bits per heavy atom. The van der Waals surface area contributed by atoms with Crippen LogP contribution in [0.4, 0.5) is 11.4 Å². The maximum absolute atomic E-state index is 12.6. The molecule has 124 valence electrons. The molecule has 1 aliphatic heterocycles. The maximum Gasteiger partial charge on any atom is 0.278 e. The number of anilines is 2. The Morgan fingerprint density at radius 3 is 2.67 bits per heavy atom. The van der Waals surface area contributed by atoms with E-state index in [1.807, 2.05) is 13.0 Å². The fourth-order valence-electron chi connectivity index (χ4n) is 2.32. The summed E-state index contributed by atoms with van der Waals surface area (Å²) in [6.45, 7) is 3.31. The van der Waals surface area contributed by atoms with Crippen molar-refractivity contribution in [1.82, 2.24) is 0 Å². The van der Waals surface area contributed by atoms with Crippen molar-refractivity contribution in [2.45, 2.75) is 19.4 Å². The van der Waals surface area contributed by atoms with Crippen molar-refractivity contribution in [1.29, 1.82) is 0 Å². The number of benzene rings is 2. The third-order valence-electron chi connectivity index (χ3n) is 3.74. The number of halogens is 2. The number of amides is 2. The van der Waals surface area contributed by atoms with Crippen LogP contribution in [0.1, 0.15) is 12.5 Å². The van der Waals surface area contributed by atoms with Crippen LogP contribution >= 0.6 is 23.2 Å². The highest BCUT2D eigenvalue weighted by atomic mass is 35.5. The second kappa shape index (κ2) is 6.00. The molecular formula is C17H14Cl2N2O3. The highest BCUT2D eigenvalue weighted by Gasteiger charge is 2.47. The summed E-state index contributed by atoms with van der Waals surface area (Å²) in [5.41, 5.74) is 0.137. The summed E-state index contributed by atoms with van der Waals surface area (Å²) in [6, 6.07) is 9.98. The van der Waals surface area contributed by atoms with E-state index in [9.17, 15) is 9.59 Å². The molecule has 2 aromatic rings. The monoisotopic (exact) mass is 364 g/mol. The molecule has 1 atom stereocenters. The Morgan fingerprint density at radius 1 is 1.21 bits per heavy atom. The summed E-state index contributed by atoms with van der Waals surface area (Å²) < 4.78 is 5.69. The first-order valence-corrected chi connectivity index (χ1v) is 7.93. The Hall–Kier alpha value is -2.24. The van der Waals surface area contributed by atoms with Gasteiger partial charge >= 0.3 is 0 Å². The van der Waals surface area contributed by atoms with Gasteiger partial charge in [-0.1, -0.05) is 29.3 Å².